The highest BCUT2D eigenvalue weighted by Gasteiger charge is 2.43. The molecule has 24 heteroatoms. The van der Waals surface area contributed by atoms with Crippen molar-refractivity contribution in [2.75, 3.05) is 51.7 Å². The van der Waals surface area contributed by atoms with Crippen LogP contribution in [0.4, 0.5) is 5.69 Å². The molecule has 0 radical (unpaired) electrons. The number of unbranched alkanes of at least 4 members (excludes halogenated alkanes) is 1. The fourth-order valence-corrected chi connectivity index (χ4v) is 12.4. The standard InChI is InChI=1S/C64H77N11O11S2/c1-11-24-83-49-29-50(84-25-13-12-23-71(7)8)31-51(30-49)86-57-33-55-54(72(9)64(80)73(55)10)32-53(57)70-88(81,82)52-16-14-15-46(26-52)61(77)66-34-40(4)85-58-27-45(21-22-65-58)47-35-68-75(36-47)59(39(2)3)63(79)74-37-48(76)28-56(74)62(78)69-41(5)43-17-19-44(20-18-43)60-42(6)67-38-87-60/h14-22,26-27,29-33,35-36,38-41,48,56,59,70,76H,11-13,23-25,28,34,37H2,1-10H3,(H,66,77)(H,69,78)/t40-,41+,48-,56+,59+/m1/s1. The number of rotatable bonds is 27. The third-order valence-electron chi connectivity index (χ3n) is 15.2. The van der Waals surface area contributed by atoms with Crippen molar-refractivity contribution in [2.24, 2.45) is 20.0 Å². The molecule has 0 aliphatic carbocycles. The normalized spacial score (nSPS) is 15.3. The van der Waals surface area contributed by atoms with Gasteiger partial charge >= 0.3 is 5.69 Å². The van der Waals surface area contributed by atoms with Crippen LogP contribution < -0.4 is 40.0 Å². The second kappa shape index (κ2) is 28.1. The van der Waals surface area contributed by atoms with Gasteiger partial charge in [0.2, 0.25) is 17.7 Å². The van der Waals surface area contributed by atoms with E-state index in [1.54, 1.807) is 92.0 Å². The van der Waals surface area contributed by atoms with E-state index in [1.165, 1.54) is 44.4 Å². The first kappa shape index (κ1) is 63.9. The molecule has 466 valence electrons. The number of sulfonamides is 1. The Balaban J connectivity index is 0.833. The minimum atomic E-state index is -4.40. The molecule has 1 saturated heterocycles. The molecule has 0 bridgehead atoms. The van der Waals surface area contributed by atoms with E-state index < -0.39 is 40.2 Å². The highest BCUT2D eigenvalue weighted by atomic mass is 32.2. The van der Waals surface area contributed by atoms with Crippen molar-refractivity contribution in [3.8, 4) is 50.4 Å². The molecule has 0 unspecified atom stereocenters. The number of carbonyl (C=O) groups is 3. The summed E-state index contributed by atoms with van der Waals surface area (Å²) in [6.07, 6.45) is 6.08. The molecule has 1 aliphatic rings. The number of hydrogen-bond acceptors (Lipinski definition) is 16. The molecule has 5 atom stereocenters. The Morgan fingerprint density at radius 2 is 1.57 bits per heavy atom. The minimum absolute atomic E-state index is 0.000433. The van der Waals surface area contributed by atoms with Gasteiger partial charge in [0, 0.05) is 80.9 Å². The number of thiazole rings is 1. The summed E-state index contributed by atoms with van der Waals surface area (Å²) in [5.41, 5.74) is 6.75. The summed E-state index contributed by atoms with van der Waals surface area (Å²) in [6.45, 7) is 13.2. The Morgan fingerprint density at radius 1 is 0.852 bits per heavy atom. The molecule has 0 saturated carbocycles. The number of ether oxygens (including phenoxy) is 4. The summed E-state index contributed by atoms with van der Waals surface area (Å²) >= 11 is 1.57. The van der Waals surface area contributed by atoms with Gasteiger partial charge in [0.15, 0.2) is 5.75 Å². The van der Waals surface area contributed by atoms with Gasteiger partial charge in [-0.2, -0.15) is 5.10 Å². The third kappa shape index (κ3) is 15.2. The van der Waals surface area contributed by atoms with E-state index in [9.17, 15) is 32.7 Å². The second-order valence-corrected chi connectivity index (χ2v) is 25.3. The molecule has 9 rings (SSSR count). The van der Waals surface area contributed by atoms with Crippen LogP contribution in [0.2, 0.25) is 0 Å². The summed E-state index contributed by atoms with van der Waals surface area (Å²) in [7, 11) is 2.84. The number of amides is 3. The molecule has 4 aromatic carbocycles. The Hall–Kier alpha value is -8.58. The van der Waals surface area contributed by atoms with E-state index in [0.29, 0.717) is 52.6 Å². The molecule has 8 aromatic rings. The maximum atomic E-state index is 14.5. The number of aliphatic hydroxyl groups is 1. The third-order valence-corrected chi connectivity index (χ3v) is 17.5. The monoisotopic (exact) mass is 1240 g/mol. The largest absolute Gasteiger partial charge is 0.493 e. The number of aliphatic hydroxyl groups excluding tert-OH is 1. The van der Waals surface area contributed by atoms with Crippen molar-refractivity contribution in [1.82, 2.24) is 49.3 Å². The van der Waals surface area contributed by atoms with E-state index >= 15 is 0 Å². The highest BCUT2D eigenvalue weighted by Crippen LogP contribution is 2.39. The predicted molar refractivity (Wildman–Crippen MR) is 338 cm³/mol. The van der Waals surface area contributed by atoms with Crippen molar-refractivity contribution in [1.29, 1.82) is 0 Å². The smallest absolute Gasteiger partial charge is 0.328 e. The van der Waals surface area contributed by atoms with Gasteiger partial charge in [0.25, 0.3) is 15.9 Å². The Labute approximate surface area is 516 Å². The summed E-state index contributed by atoms with van der Waals surface area (Å²) < 4.78 is 60.5. The Kier molecular flexibility index (Phi) is 20.4. The first-order chi connectivity index (χ1) is 42.1. The first-order valence-electron chi connectivity index (χ1n) is 29.4. The van der Waals surface area contributed by atoms with Crippen molar-refractivity contribution in [3.63, 3.8) is 0 Å². The van der Waals surface area contributed by atoms with Crippen LogP contribution in [0.15, 0.2) is 125 Å². The lowest BCUT2D eigenvalue weighted by molar-refractivity contribution is -0.142. The number of likely N-dealkylation sites (tertiary alicyclic amines) is 1. The Morgan fingerprint density at radius 3 is 2.26 bits per heavy atom. The van der Waals surface area contributed by atoms with E-state index in [2.05, 4.69) is 35.3 Å². The van der Waals surface area contributed by atoms with Crippen LogP contribution >= 0.6 is 11.3 Å². The quantitative estimate of drug-likeness (QED) is 0.0351. The van der Waals surface area contributed by atoms with Crippen LogP contribution in [-0.2, 0) is 33.7 Å². The average molecular weight is 1240 g/mol. The number of fused-ring (bicyclic) bond motifs is 1. The maximum absolute atomic E-state index is 14.5. The SMILES string of the molecule is CCCOc1cc(OCCCCN(C)C)cc(Oc2cc3c(cc2NS(=O)(=O)c2cccc(C(=O)NC[C@@H](C)Oc4cc(-c5cnn([C@H](C(=O)N6C[C@H](O)C[C@H]6C(=O)N[C@@H](C)c6ccc(-c7scnc7C)cc6)C(C)C)c5)ccn4)c2)n(C)c(=O)n3C)c1. The van der Waals surface area contributed by atoms with Crippen LogP contribution in [0.1, 0.15) is 94.0 Å². The maximum Gasteiger partial charge on any atom is 0.328 e. The zero-order valence-electron chi connectivity index (χ0n) is 51.2. The van der Waals surface area contributed by atoms with E-state index in [0.717, 1.165) is 47.5 Å². The number of carbonyl (C=O) groups excluding carboxylic acids is 3. The molecule has 1 fully saturated rings. The lowest BCUT2D eigenvalue weighted by Crippen LogP contribution is -2.49. The van der Waals surface area contributed by atoms with Gasteiger partial charge in [0.05, 0.1) is 75.8 Å². The van der Waals surface area contributed by atoms with Gasteiger partial charge in [-0.15, -0.1) is 11.3 Å². The number of benzene rings is 4. The number of anilines is 1. The van der Waals surface area contributed by atoms with Crippen LogP contribution in [0, 0.1) is 12.8 Å². The minimum Gasteiger partial charge on any atom is -0.493 e. The van der Waals surface area contributed by atoms with Crippen molar-refractivity contribution >= 4 is 55.8 Å². The van der Waals surface area contributed by atoms with Crippen LogP contribution in [-0.4, -0.2) is 135 Å². The molecule has 5 heterocycles. The zero-order chi connectivity index (χ0) is 63.0. The fraction of sp³-hybridized carbons (Fsp3) is 0.391. The lowest BCUT2D eigenvalue weighted by Gasteiger charge is -2.30. The number of aromatic nitrogens is 6. The Bertz CT molecular complexity index is 3950. The number of pyridine rings is 1. The molecule has 4 aromatic heterocycles. The van der Waals surface area contributed by atoms with Gasteiger partial charge in [-0.1, -0.05) is 51.1 Å². The van der Waals surface area contributed by atoms with Gasteiger partial charge < -0.3 is 44.5 Å². The lowest BCUT2D eigenvalue weighted by atomic mass is 10.0. The van der Waals surface area contributed by atoms with Gasteiger partial charge in [-0.05, 0) is 114 Å². The predicted octanol–water partition coefficient (Wildman–Crippen LogP) is 8.90. The summed E-state index contributed by atoms with van der Waals surface area (Å²) in [5.74, 6) is 0.152. The second-order valence-electron chi connectivity index (χ2n) is 22.8. The fourth-order valence-electron chi connectivity index (χ4n) is 10.5. The van der Waals surface area contributed by atoms with Crippen molar-refractivity contribution < 1.29 is 46.9 Å². The number of β-amino-alcohol motifs (C(OH)–C–C–N with tert-alkyl or cyclic N) is 1. The van der Waals surface area contributed by atoms with E-state index in [1.807, 2.05) is 78.5 Å². The molecule has 88 heavy (non-hydrogen) atoms. The van der Waals surface area contributed by atoms with E-state index in [-0.39, 0.29) is 76.8 Å². The molecular weight excluding hydrogens is 1160 g/mol. The molecular formula is C64H77N11O11S2. The summed E-state index contributed by atoms with van der Waals surface area (Å²) in [5, 5.41) is 21.4. The molecule has 22 nitrogen and oxygen atoms in total. The zero-order valence-corrected chi connectivity index (χ0v) is 52.9. The van der Waals surface area contributed by atoms with Crippen LogP contribution in [0.5, 0.6) is 28.9 Å². The molecule has 0 spiro atoms. The highest BCUT2D eigenvalue weighted by molar-refractivity contribution is 7.92. The number of nitrogens with one attached hydrogen (secondary N) is 3. The topological polar surface area (TPSA) is 256 Å². The number of hydrogen-bond donors (Lipinski definition) is 4. The van der Waals surface area contributed by atoms with Gasteiger partial charge in [-0.3, -0.25) is 32.9 Å². The van der Waals surface area contributed by atoms with Gasteiger partial charge in [-0.25, -0.2) is 23.2 Å². The van der Waals surface area contributed by atoms with E-state index in [4.69, 9.17) is 18.9 Å². The van der Waals surface area contributed by atoms with Crippen LogP contribution in [0.3, 0.4) is 0 Å². The summed E-state index contributed by atoms with van der Waals surface area (Å²) in [4.78, 5) is 68.4. The summed E-state index contributed by atoms with van der Waals surface area (Å²) in [6, 6.07) is 23.3. The number of nitrogens with zero attached hydrogens (tertiary/aromatic N) is 8. The van der Waals surface area contributed by atoms with Crippen molar-refractivity contribution in [3.05, 3.63) is 142 Å². The van der Waals surface area contributed by atoms with Gasteiger partial charge in [0.1, 0.15) is 35.4 Å². The first-order valence-corrected chi connectivity index (χ1v) is 31.7. The number of imidazole rings is 1. The molecule has 1 aliphatic heterocycles. The molecule has 4 N–H and O–H groups in total. The van der Waals surface area contributed by atoms with Crippen molar-refractivity contribution in [2.45, 2.75) is 102 Å². The van der Waals surface area contributed by atoms with Crippen LogP contribution in [0.25, 0.3) is 32.6 Å². The number of aryl methyl sites for hydroxylation is 3. The molecule has 3 amide bonds. The average Bonchev–Trinajstić information content (AvgIpc) is 3.23.